The van der Waals surface area contributed by atoms with Crippen LogP contribution in [0.15, 0.2) is 12.2 Å². The second-order valence-electron chi connectivity index (χ2n) is 7.08. The molecule has 3 unspecified atom stereocenters. The van der Waals surface area contributed by atoms with Gasteiger partial charge in [-0.1, -0.05) is 65.0 Å². The summed E-state index contributed by atoms with van der Waals surface area (Å²) in [6.07, 6.45) is 12.5. The summed E-state index contributed by atoms with van der Waals surface area (Å²) in [6, 6.07) is 0. The normalized spacial score (nSPS) is 20.9. The summed E-state index contributed by atoms with van der Waals surface area (Å²) in [6.45, 7) is 7.33. The van der Waals surface area contributed by atoms with Gasteiger partial charge in [-0.15, -0.1) is 0 Å². The third-order valence-corrected chi connectivity index (χ3v) is 5.03. The molecule has 25 heavy (non-hydrogen) atoms. The number of carbonyl (C=O) groups excluding carboxylic acids is 2. The maximum absolute atomic E-state index is 12.5. The molecule has 0 aliphatic heterocycles. The summed E-state index contributed by atoms with van der Waals surface area (Å²) in [4.78, 5) is 24.9. The van der Waals surface area contributed by atoms with Crippen molar-refractivity contribution in [1.29, 1.82) is 0 Å². The number of esters is 2. The Balaban J connectivity index is 2.50. The van der Waals surface area contributed by atoms with Crippen molar-refractivity contribution in [2.45, 2.75) is 78.6 Å². The van der Waals surface area contributed by atoms with E-state index in [0.29, 0.717) is 32.0 Å². The highest BCUT2D eigenvalue weighted by molar-refractivity contribution is 5.82. The van der Waals surface area contributed by atoms with Gasteiger partial charge in [0.05, 0.1) is 25.0 Å². The predicted octanol–water partition coefficient (Wildman–Crippen LogP) is 5.06. The highest BCUT2D eigenvalue weighted by Gasteiger charge is 2.36. The van der Waals surface area contributed by atoms with E-state index in [1.54, 1.807) is 0 Å². The molecule has 4 nitrogen and oxygen atoms in total. The molecule has 0 spiro atoms. The van der Waals surface area contributed by atoms with Crippen LogP contribution in [0.5, 0.6) is 0 Å². The minimum absolute atomic E-state index is 0.241. The summed E-state index contributed by atoms with van der Waals surface area (Å²) >= 11 is 0. The van der Waals surface area contributed by atoms with Gasteiger partial charge < -0.3 is 9.47 Å². The van der Waals surface area contributed by atoms with Crippen LogP contribution in [-0.2, 0) is 19.1 Å². The first kappa shape index (κ1) is 21.7. The Morgan fingerprint density at radius 3 is 2.08 bits per heavy atom. The van der Waals surface area contributed by atoms with E-state index in [2.05, 4.69) is 20.8 Å². The van der Waals surface area contributed by atoms with Crippen molar-refractivity contribution in [3.8, 4) is 0 Å². The molecule has 0 saturated carbocycles. The predicted molar refractivity (Wildman–Crippen MR) is 100 cm³/mol. The van der Waals surface area contributed by atoms with Crippen LogP contribution in [0.3, 0.4) is 0 Å². The first-order valence-corrected chi connectivity index (χ1v) is 10.1. The highest BCUT2D eigenvalue weighted by Crippen LogP contribution is 2.28. The second kappa shape index (κ2) is 13.0. The molecule has 0 radical (unpaired) electrons. The van der Waals surface area contributed by atoms with Gasteiger partial charge in [-0.2, -0.15) is 0 Å². The molecular formula is C21H36O4. The Morgan fingerprint density at radius 2 is 1.52 bits per heavy atom. The lowest BCUT2D eigenvalue weighted by atomic mass is 9.83. The minimum atomic E-state index is -0.396. The minimum Gasteiger partial charge on any atom is -0.465 e. The summed E-state index contributed by atoms with van der Waals surface area (Å²) < 4.78 is 11.0. The van der Waals surface area contributed by atoms with Gasteiger partial charge >= 0.3 is 11.9 Å². The van der Waals surface area contributed by atoms with Crippen molar-refractivity contribution in [2.75, 3.05) is 13.2 Å². The van der Waals surface area contributed by atoms with Crippen LogP contribution < -0.4 is 0 Å². The molecular weight excluding hydrogens is 316 g/mol. The van der Waals surface area contributed by atoms with Crippen molar-refractivity contribution in [3.05, 3.63) is 12.2 Å². The number of ether oxygens (including phenoxy) is 2. The first-order valence-electron chi connectivity index (χ1n) is 10.1. The van der Waals surface area contributed by atoms with E-state index in [0.717, 1.165) is 44.9 Å². The topological polar surface area (TPSA) is 52.6 Å². The fourth-order valence-electron chi connectivity index (χ4n) is 3.17. The smallest absolute Gasteiger partial charge is 0.310 e. The number of rotatable bonds is 12. The number of carbonyl (C=O) groups is 2. The average molecular weight is 353 g/mol. The van der Waals surface area contributed by atoms with Crippen LogP contribution in [0.4, 0.5) is 0 Å². The SMILES string of the molecule is CCCCCOC(=O)C1CC=CCC1C(=O)OCC(CC)CCCC. The number of unbranched alkanes of at least 4 members (excludes halogenated alkanes) is 3. The lowest BCUT2D eigenvalue weighted by molar-refractivity contribution is -0.162. The highest BCUT2D eigenvalue weighted by atomic mass is 16.5. The maximum Gasteiger partial charge on any atom is 0.310 e. The van der Waals surface area contributed by atoms with Crippen molar-refractivity contribution < 1.29 is 19.1 Å². The van der Waals surface area contributed by atoms with Crippen LogP contribution in [0, 0.1) is 17.8 Å². The van der Waals surface area contributed by atoms with E-state index in [1.807, 2.05) is 12.2 Å². The van der Waals surface area contributed by atoms with E-state index in [4.69, 9.17) is 9.47 Å². The summed E-state index contributed by atoms with van der Waals surface area (Å²) in [7, 11) is 0. The van der Waals surface area contributed by atoms with Crippen molar-refractivity contribution in [1.82, 2.24) is 0 Å². The molecule has 0 aromatic heterocycles. The first-order chi connectivity index (χ1) is 12.1. The molecule has 1 rings (SSSR count). The van der Waals surface area contributed by atoms with Crippen LogP contribution >= 0.6 is 0 Å². The van der Waals surface area contributed by atoms with E-state index in [1.165, 1.54) is 0 Å². The van der Waals surface area contributed by atoms with Gasteiger partial charge in [0.25, 0.3) is 0 Å². The molecule has 4 heteroatoms. The molecule has 0 N–H and O–H groups in total. The van der Waals surface area contributed by atoms with Gasteiger partial charge in [0, 0.05) is 0 Å². The Kier molecular flexibility index (Phi) is 11.3. The standard InChI is InChI=1S/C21H36O4/c1-4-7-11-15-24-20(22)18-13-9-10-14-19(18)21(23)25-16-17(6-3)12-8-5-2/h9-10,17-19H,4-8,11-16H2,1-3H3. The Hall–Kier alpha value is -1.32. The summed E-state index contributed by atoms with van der Waals surface area (Å²) in [5, 5.41) is 0. The van der Waals surface area contributed by atoms with Crippen molar-refractivity contribution in [2.24, 2.45) is 17.8 Å². The van der Waals surface area contributed by atoms with Gasteiger partial charge in [-0.3, -0.25) is 9.59 Å². The van der Waals surface area contributed by atoms with Gasteiger partial charge in [0.1, 0.15) is 0 Å². The van der Waals surface area contributed by atoms with Crippen LogP contribution in [0.25, 0.3) is 0 Å². The van der Waals surface area contributed by atoms with Gasteiger partial charge in [-0.25, -0.2) is 0 Å². The average Bonchev–Trinajstić information content (AvgIpc) is 2.65. The Morgan fingerprint density at radius 1 is 0.920 bits per heavy atom. The molecule has 144 valence electrons. The van der Waals surface area contributed by atoms with Crippen LogP contribution in [0.2, 0.25) is 0 Å². The lowest BCUT2D eigenvalue weighted by Gasteiger charge is -2.26. The monoisotopic (exact) mass is 352 g/mol. The quantitative estimate of drug-likeness (QED) is 0.280. The zero-order valence-electron chi connectivity index (χ0n) is 16.3. The molecule has 0 fully saturated rings. The Labute approximate surface area is 153 Å². The molecule has 1 aliphatic carbocycles. The fraction of sp³-hybridized carbons (Fsp3) is 0.810. The van der Waals surface area contributed by atoms with Gasteiger partial charge in [0.2, 0.25) is 0 Å². The fourth-order valence-corrected chi connectivity index (χ4v) is 3.17. The van der Waals surface area contributed by atoms with Crippen LogP contribution in [0.1, 0.15) is 78.6 Å². The van der Waals surface area contributed by atoms with Gasteiger partial charge in [0.15, 0.2) is 0 Å². The summed E-state index contributed by atoms with van der Waals surface area (Å²) in [5.74, 6) is -0.861. The van der Waals surface area contributed by atoms with Crippen LogP contribution in [-0.4, -0.2) is 25.2 Å². The number of hydrogen-bond donors (Lipinski definition) is 0. The number of hydrogen-bond acceptors (Lipinski definition) is 4. The molecule has 0 heterocycles. The van der Waals surface area contributed by atoms with E-state index in [-0.39, 0.29) is 11.9 Å². The molecule has 0 bridgehead atoms. The molecule has 0 amide bonds. The largest absolute Gasteiger partial charge is 0.465 e. The molecule has 0 saturated heterocycles. The van der Waals surface area contributed by atoms with E-state index < -0.39 is 11.8 Å². The second-order valence-corrected chi connectivity index (χ2v) is 7.08. The Bertz CT molecular complexity index is 416. The molecule has 0 aromatic carbocycles. The molecule has 3 atom stereocenters. The van der Waals surface area contributed by atoms with Crippen molar-refractivity contribution in [3.63, 3.8) is 0 Å². The maximum atomic E-state index is 12.5. The zero-order chi connectivity index (χ0) is 18.5. The third kappa shape index (κ3) is 8.06. The van der Waals surface area contributed by atoms with Gasteiger partial charge in [-0.05, 0) is 31.6 Å². The molecule has 1 aliphatic rings. The van der Waals surface area contributed by atoms with Crippen molar-refractivity contribution >= 4 is 11.9 Å². The lowest BCUT2D eigenvalue weighted by Crippen LogP contribution is -2.34. The number of allylic oxidation sites excluding steroid dienone is 2. The molecule has 0 aromatic rings. The summed E-state index contributed by atoms with van der Waals surface area (Å²) in [5.41, 5.74) is 0. The van der Waals surface area contributed by atoms with E-state index >= 15 is 0 Å². The third-order valence-electron chi connectivity index (χ3n) is 5.03. The zero-order valence-corrected chi connectivity index (χ0v) is 16.3. The van der Waals surface area contributed by atoms with E-state index in [9.17, 15) is 9.59 Å².